The second kappa shape index (κ2) is 4.63. The Morgan fingerprint density at radius 2 is 2.00 bits per heavy atom. The Balaban J connectivity index is 1.79. The van der Waals surface area contributed by atoms with Crippen LogP contribution in [0.1, 0.15) is 39.5 Å². The fourth-order valence-electron chi connectivity index (χ4n) is 2.47. The molecule has 0 bridgehead atoms. The van der Waals surface area contributed by atoms with Gasteiger partial charge in [0.05, 0.1) is 6.61 Å². The van der Waals surface area contributed by atoms with Crippen LogP contribution in [0.25, 0.3) is 0 Å². The highest BCUT2D eigenvalue weighted by Gasteiger charge is 2.34. The summed E-state index contributed by atoms with van der Waals surface area (Å²) in [6.45, 7) is 6.56. The lowest BCUT2D eigenvalue weighted by Crippen LogP contribution is -2.46. The highest BCUT2D eigenvalue weighted by Crippen LogP contribution is 2.36. The van der Waals surface area contributed by atoms with E-state index in [1.165, 1.54) is 25.7 Å². The summed E-state index contributed by atoms with van der Waals surface area (Å²) in [5.41, 5.74) is 0. The molecular formula is C12H23NO. The molecule has 2 rings (SSSR count). The van der Waals surface area contributed by atoms with Crippen LogP contribution in [-0.2, 0) is 4.74 Å². The van der Waals surface area contributed by atoms with Gasteiger partial charge in [0.2, 0.25) is 0 Å². The molecule has 0 aromatic carbocycles. The van der Waals surface area contributed by atoms with Crippen molar-refractivity contribution in [3.05, 3.63) is 0 Å². The average Bonchev–Trinajstić information content (AvgIpc) is 2.99. The maximum atomic E-state index is 5.50. The van der Waals surface area contributed by atoms with E-state index >= 15 is 0 Å². The van der Waals surface area contributed by atoms with Crippen molar-refractivity contribution in [2.24, 2.45) is 11.8 Å². The number of rotatable bonds is 4. The predicted molar refractivity (Wildman–Crippen MR) is 58.3 cm³/mol. The van der Waals surface area contributed by atoms with Gasteiger partial charge in [0, 0.05) is 18.7 Å². The Hall–Kier alpha value is -0.0800. The third-order valence-electron chi connectivity index (χ3n) is 3.44. The molecule has 2 unspecified atom stereocenters. The first-order chi connectivity index (χ1) is 6.77. The van der Waals surface area contributed by atoms with Crippen LogP contribution >= 0.6 is 0 Å². The summed E-state index contributed by atoms with van der Waals surface area (Å²) >= 11 is 0. The Morgan fingerprint density at radius 3 is 2.50 bits per heavy atom. The van der Waals surface area contributed by atoms with Gasteiger partial charge < -0.3 is 10.1 Å². The van der Waals surface area contributed by atoms with Gasteiger partial charge in [0.25, 0.3) is 0 Å². The van der Waals surface area contributed by atoms with E-state index in [-0.39, 0.29) is 0 Å². The molecule has 1 N–H and O–H groups in total. The summed E-state index contributed by atoms with van der Waals surface area (Å²) in [4.78, 5) is 0. The molecule has 2 heteroatoms. The van der Waals surface area contributed by atoms with E-state index in [0.29, 0.717) is 6.04 Å². The number of hydrogen-bond acceptors (Lipinski definition) is 2. The van der Waals surface area contributed by atoms with Gasteiger partial charge in [-0.3, -0.25) is 0 Å². The number of nitrogens with one attached hydrogen (secondary N) is 1. The Kier molecular flexibility index (Phi) is 3.45. The first-order valence-electron chi connectivity index (χ1n) is 6.11. The van der Waals surface area contributed by atoms with Crippen LogP contribution in [0.4, 0.5) is 0 Å². The van der Waals surface area contributed by atoms with E-state index in [1.54, 1.807) is 0 Å². The number of hydrogen-bond donors (Lipinski definition) is 1. The summed E-state index contributed by atoms with van der Waals surface area (Å²) in [5.74, 6) is 1.72. The van der Waals surface area contributed by atoms with E-state index in [0.717, 1.165) is 31.1 Å². The molecule has 1 saturated carbocycles. The minimum atomic E-state index is 0.622. The van der Waals surface area contributed by atoms with Crippen molar-refractivity contribution >= 4 is 0 Å². The first kappa shape index (κ1) is 10.4. The van der Waals surface area contributed by atoms with Crippen LogP contribution in [0, 0.1) is 11.8 Å². The molecule has 0 aromatic heterocycles. The van der Waals surface area contributed by atoms with Crippen LogP contribution in [0.3, 0.4) is 0 Å². The van der Waals surface area contributed by atoms with Crippen LogP contribution < -0.4 is 5.32 Å². The Bertz CT molecular complexity index is 169. The second-order valence-corrected chi connectivity index (χ2v) is 5.19. The molecule has 82 valence electrons. The van der Waals surface area contributed by atoms with Crippen LogP contribution in [0.5, 0.6) is 0 Å². The minimum Gasteiger partial charge on any atom is -0.380 e. The highest BCUT2D eigenvalue weighted by molar-refractivity contribution is 4.90. The smallest absolute Gasteiger partial charge is 0.0619 e. The fourth-order valence-corrected chi connectivity index (χ4v) is 2.47. The van der Waals surface area contributed by atoms with Crippen LogP contribution in [0.15, 0.2) is 0 Å². The molecule has 2 fully saturated rings. The predicted octanol–water partition coefficient (Wildman–Crippen LogP) is 2.19. The molecule has 0 spiro atoms. The quantitative estimate of drug-likeness (QED) is 0.746. The molecule has 0 amide bonds. The van der Waals surface area contributed by atoms with E-state index in [4.69, 9.17) is 4.74 Å². The molecule has 1 aliphatic heterocycles. The highest BCUT2D eigenvalue weighted by atomic mass is 16.5. The van der Waals surface area contributed by atoms with Gasteiger partial charge in [-0.05, 0) is 37.5 Å². The summed E-state index contributed by atoms with van der Waals surface area (Å²) in [7, 11) is 0. The maximum absolute atomic E-state index is 5.50. The lowest BCUT2D eigenvalue weighted by atomic mass is 9.97. The van der Waals surface area contributed by atoms with Gasteiger partial charge in [-0.25, -0.2) is 0 Å². The third-order valence-corrected chi connectivity index (χ3v) is 3.44. The first-order valence-corrected chi connectivity index (χ1v) is 6.11. The Labute approximate surface area is 87.4 Å². The SMILES string of the molecule is CC(C)C(NC1CCCOC1)C1CC1. The Morgan fingerprint density at radius 1 is 1.21 bits per heavy atom. The zero-order valence-electron chi connectivity index (χ0n) is 9.46. The van der Waals surface area contributed by atoms with E-state index in [2.05, 4.69) is 19.2 Å². The molecule has 0 radical (unpaired) electrons. The number of ether oxygens (including phenoxy) is 1. The molecule has 0 aromatic rings. The maximum Gasteiger partial charge on any atom is 0.0619 e. The molecular weight excluding hydrogens is 174 g/mol. The van der Waals surface area contributed by atoms with Gasteiger partial charge in [0.1, 0.15) is 0 Å². The summed E-state index contributed by atoms with van der Waals surface area (Å²) in [5, 5.41) is 3.79. The topological polar surface area (TPSA) is 21.3 Å². The minimum absolute atomic E-state index is 0.622. The van der Waals surface area contributed by atoms with Crippen molar-refractivity contribution in [2.75, 3.05) is 13.2 Å². The van der Waals surface area contributed by atoms with E-state index in [1.807, 2.05) is 0 Å². The lowest BCUT2D eigenvalue weighted by molar-refractivity contribution is 0.0624. The van der Waals surface area contributed by atoms with Crippen molar-refractivity contribution in [3.63, 3.8) is 0 Å². The molecule has 1 aliphatic carbocycles. The van der Waals surface area contributed by atoms with Gasteiger partial charge in [-0.2, -0.15) is 0 Å². The summed E-state index contributed by atoms with van der Waals surface area (Å²) < 4.78 is 5.50. The third kappa shape index (κ3) is 2.71. The van der Waals surface area contributed by atoms with Crippen molar-refractivity contribution in [2.45, 2.75) is 51.6 Å². The van der Waals surface area contributed by atoms with Gasteiger partial charge in [0.15, 0.2) is 0 Å². The van der Waals surface area contributed by atoms with Crippen LogP contribution in [0.2, 0.25) is 0 Å². The summed E-state index contributed by atoms with van der Waals surface area (Å²) in [6, 6.07) is 1.36. The second-order valence-electron chi connectivity index (χ2n) is 5.19. The van der Waals surface area contributed by atoms with Crippen LogP contribution in [-0.4, -0.2) is 25.3 Å². The van der Waals surface area contributed by atoms with Gasteiger partial charge in [-0.1, -0.05) is 13.8 Å². The fraction of sp³-hybridized carbons (Fsp3) is 1.00. The standard InChI is InChI=1S/C12H23NO/c1-9(2)12(10-5-6-10)13-11-4-3-7-14-8-11/h9-13H,3-8H2,1-2H3. The average molecular weight is 197 g/mol. The monoisotopic (exact) mass is 197 g/mol. The van der Waals surface area contributed by atoms with Gasteiger partial charge >= 0.3 is 0 Å². The molecule has 2 aliphatic rings. The van der Waals surface area contributed by atoms with Crippen molar-refractivity contribution in [1.29, 1.82) is 0 Å². The van der Waals surface area contributed by atoms with E-state index in [9.17, 15) is 0 Å². The van der Waals surface area contributed by atoms with E-state index < -0.39 is 0 Å². The zero-order chi connectivity index (χ0) is 9.97. The van der Waals surface area contributed by atoms with Crippen molar-refractivity contribution in [3.8, 4) is 0 Å². The van der Waals surface area contributed by atoms with Crippen molar-refractivity contribution < 1.29 is 4.74 Å². The largest absolute Gasteiger partial charge is 0.380 e. The molecule has 1 saturated heterocycles. The van der Waals surface area contributed by atoms with Crippen molar-refractivity contribution in [1.82, 2.24) is 5.32 Å². The lowest BCUT2D eigenvalue weighted by Gasteiger charge is -2.30. The molecule has 2 atom stereocenters. The normalized spacial score (nSPS) is 30.6. The molecule has 1 heterocycles. The molecule has 14 heavy (non-hydrogen) atoms. The van der Waals surface area contributed by atoms with Gasteiger partial charge in [-0.15, -0.1) is 0 Å². The molecule has 2 nitrogen and oxygen atoms in total. The zero-order valence-corrected chi connectivity index (χ0v) is 9.46. The summed E-state index contributed by atoms with van der Waals surface area (Å²) in [6.07, 6.45) is 5.40.